The summed E-state index contributed by atoms with van der Waals surface area (Å²) in [6, 6.07) is 5.94. The molecule has 0 aromatic heterocycles. The predicted molar refractivity (Wildman–Crippen MR) is 69.7 cm³/mol. The molecule has 0 aliphatic rings. The maximum atomic E-state index is 5.83. The van der Waals surface area contributed by atoms with Crippen LogP contribution in [-0.4, -0.2) is 19.8 Å². The highest BCUT2D eigenvalue weighted by molar-refractivity contribution is 5.66. The van der Waals surface area contributed by atoms with Crippen LogP contribution in [0.4, 0.5) is 11.4 Å². The third kappa shape index (κ3) is 4.36. The van der Waals surface area contributed by atoms with Gasteiger partial charge in [0, 0.05) is 6.54 Å². The number of hydrogen-bond donors (Lipinski definition) is 2. The SMILES string of the molecule is C=C(C)COCCNc1cc(C)ccc1N. The van der Waals surface area contributed by atoms with Crippen molar-refractivity contribution in [3.05, 3.63) is 35.9 Å². The van der Waals surface area contributed by atoms with Crippen LogP contribution in [0, 0.1) is 6.92 Å². The van der Waals surface area contributed by atoms with E-state index in [1.807, 2.05) is 32.0 Å². The summed E-state index contributed by atoms with van der Waals surface area (Å²) in [4.78, 5) is 0. The van der Waals surface area contributed by atoms with Crippen molar-refractivity contribution in [2.45, 2.75) is 13.8 Å². The highest BCUT2D eigenvalue weighted by atomic mass is 16.5. The normalized spacial score (nSPS) is 10.1. The van der Waals surface area contributed by atoms with Gasteiger partial charge in [-0.2, -0.15) is 0 Å². The van der Waals surface area contributed by atoms with Gasteiger partial charge >= 0.3 is 0 Å². The molecule has 0 bridgehead atoms. The lowest BCUT2D eigenvalue weighted by atomic mass is 10.2. The number of aryl methyl sites for hydroxylation is 1. The van der Waals surface area contributed by atoms with Crippen molar-refractivity contribution in [2.75, 3.05) is 30.8 Å². The quantitative estimate of drug-likeness (QED) is 0.440. The maximum Gasteiger partial charge on any atom is 0.0672 e. The van der Waals surface area contributed by atoms with Crippen LogP contribution in [0.2, 0.25) is 0 Å². The van der Waals surface area contributed by atoms with Crippen LogP contribution in [-0.2, 0) is 4.74 Å². The van der Waals surface area contributed by atoms with Crippen molar-refractivity contribution in [1.82, 2.24) is 0 Å². The first-order chi connectivity index (χ1) is 7.59. The Kier molecular flexibility index (Phi) is 4.86. The molecule has 1 aromatic rings. The van der Waals surface area contributed by atoms with Crippen LogP contribution < -0.4 is 11.1 Å². The topological polar surface area (TPSA) is 47.3 Å². The molecule has 0 amide bonds. The van der Waals surface area contributed by atoms with Gasteiger partial charge in [0.05, 0.1) is 24.6 Å². The lowest BCUT2D eigenvalue weighted by molar-refractivity contribution is 0.167. The molecule has 0 fully saturated rings. The summed E-state index contributed by atoms with van der Waals surface area (Å²) in [5, 5.41) is 3.25. The summed E-state index contributed by atoms with van der Waals surface area (Å²) < 4.78 is 5.38. The molecule has 0 unspecified atom stereocenters. The van der Waals surface area contributed by atoms with E-state index >= 15 is 0 Å². The molecule has 1 aromatic carbocycles. The molecule has 0 saturated carbocycles. The average molecular weight is 220 g/mol. The van der Waals surface area contributed by atoms with Crippen LogP contribution in [0.1, 0.15) is 12.5 Å². The third-order valence-corrected chi connectivity index (χ3v) is 2.12. The third-order valence-electron chi connectivity index (χ3n) is 2.12. The molecule has 16 heavy (non-hydrogen) atoms. The standard InChI is InChI=1S/C13H20N2O/c1-10(2)9-16-7-6-15-13-8-11(3)4-5-12(13)14/h4-5,8,15H,1,6-7,9,14H2,2-3H3. The van der Waals surface area contributed by atoms with E-state index in [4.69, 9.17) is 10.5 Å². The fourth-order valence-electron chi connectivity index (χ4n) is 1.33. The van der Waals surface area contributed by atoms with Crippen molar-refractivity contribution in [3.63, 3.8) is 0 Å². The minimum Gasteiger partial charge on any atom is -0.397 e. The van der Waals surface area contributed by atoms with Crippen molar-refractivity contribution in [3.8, 4) is 0 Å². The number of nitrogens with one attached hydrogen (secondary N) is 1. The second kappa shape index (κ2) is 6.18. The molecule has 3 N–H and O–H groups in total. The van der Waals surface area contributed by atoms with Crippen LogP contribution >= 0.6 is 0 Å². The summed E-state index contributed by atoms with van der Waals surface area (Å²) >= 11 is 0. The molecule has 0 radical (unpaired) electrons. The van der Waals surface area contributed by atoms with Gasteiger partial charge in [-0.05, 0) is 31.5 Å². The molecule has 88 valence electrons. The number of rotatable bonds is 6. The molecule has 3 nitrogen and oxygen atoms in total. The van der Waals surface area contributed by atoms with E-state index in [9.17, 15) is 0 Å². The molecule has 0 saturated heterocycles. The zero-order valence-corrected chi connectivity index (χ0v) is 10.0. The van der Waals surface area contributed by atoms with E-state index in [0.717, 1.165) is 23.5 Å². The van der Waals surface area contributed by atoms with Gasteiger partial charge in [0.25, 0.3) is 0 Å². The Morgan fingerprint density at radius 1 is 1.50 bits per heavy atom. The smallest absolute Gasteiger partial charge is 0.0672 e. The van der Waals surface area contributed by atoms with E-state index in [0.29, 0.717) is 13.2 Å². The number of benzene rings is 1. The van der Waals surface area contributed by atoms with Crippen molar-refractivity contribution < 1.29 is 4.74 Å². The molecular weight excluding hydrogens is 200 g/mol. The van der Waals surface area contributed by atoms with Crippen LogP contribution in [0.5, 0.6) is 0 Å². The van der Waals surface area contributed by atoms with Crippen LogP contribution in [0.3, 0.4) is 0 Å². The monoisotopic (exact) mass is 220 g/mol. The minimum absolute atomic E-state index is 0.616. The molecule has 0 aliphatic carbocycles. The Bertz CT molecular complexity index is 361. The van der Waals surface area contributed by atoms with Crippen molar-refractivity contribution in [1.29, 1.82) is 0 Å². The molecule has 0 heterocycles. The Hall–Kier alpha value is -1.48. The summed E-state index contributed by atoms with van der Waals surface area (Å²) in [5.41, 5.74) is 9.81. The van der Waals surface area contributed by atoms with Gasteiger partial charge in [0.15, 0.2) is 0 Å². The Labute approximate surface area is 97.3 Å². The highest BCUT2D eigenvalue weighted by Gasteiger charge is 1.98. The van der Waals surface area contributed by atoms with Gasteiger partial charge in [0.1, 0.15) is 0 Å². The zero-order valence-electron chi connectivity index (χ0n) is 10.0. The Morgan fingerprint density at radius 2 is 2.25 bits per heavy atom. The second-order valence-corrected chi connectivity index (χ2v) is 4.03. The molecule has 0 atom stereocenters. The van der Waals surface area contributed by atoms with E-state index in [1.54, 1.807) is 0 Å². The van der Waals surface area contributed by atoms with Crippen LogP contribution in [0.25, 0.3) is 0 Å². The van der Waals surface area contributed by atoms with Crippen molar-refractivity contribution >= 4 is 11.4 Å². The zero-order chi connectivity index (χ0) is 12.0. The first kappa shape index (κ1) is 12.6. The van der Waals surface area contributed by atoms with Crippen LogP contribution in [0.15, 0.2) is 30.4 Å². The molecule has 0 spiro atoms. The molecule has 0 aliphatic heterocycles. The number of nitrogens with two attached hydrogens (primary N) is 1. The average Bonchev–Trinajstić information content (AvgIpc) is 2.22. The number of anilines is 2. The summed E-state index contributed by atoms with van der Waals surface area (Å²) in [6.07, 6.45) is 0. The van der Waals surface area contributed by atoms with E-state index in [2.05, 4.69) is 11.9 Å². The first-order valence-corrected chi connectivity index (χ1v) is 5.41. The number of hydrogen-bond acceptors (Lipinski definition) is 3. The minimum atomic E-state index is 0.616. The Morgan fingerprint density at radius 3 is 2.94 bits per heavy atom. The fourth-order valence-corrected chi connectivity index (χ4v) is 1.33. The number of nitrogen functional groups attached to an aromatic ring is 1. The maximum absolute atomic E-state index is 5.83. The van der Waals surface area contributed by atoms with Crippen molar-refractivity contribution in [2.24, 2.45) is 0 Å². The van der Waals surface area contributed by atoms with E-state index in [1.165, 1.54) is 5.56 Å². The lowest BCUT2D eigenvalue weighted by Gasteiger charge is -2.10. The fraction of sp³-hybridized carbons (Fsp3) is 0.385. The first-order valence-electron chi connectivity index (χ1n) is 5.41. The van der Waals surface area contributed by atoms with Gasteiger partial charge < -0.3 is 15.8 Å². The largest absolute Gasteiger partial charge is 0.397 e. The van der Waals surface area contributed by atoms with E-state index in [-0.39, 0.29) is 0 Å². The molecule has 3 heteroatoms. The number of ether oxygens (including phenoxy) is 1. The molecular formula is C13H20N2O. The van der Waals surface area contributed by atoms with Gasteiger partial charge in [-0.25, -0.2) is 0 Å². The Balaban J connectivity index is 2.31. The van der Waals surface area contributed by atoms with Gasteiger partial charge in [-0.3, -0.25) is 0 Å². The van der Waals surface area contributed by atoms with E-state index < -0.39 is 0 Å². The molecule has 1 rings (SSSR count). The summed E-state index contributed by atoms with van der Waals surface area (Å²) in [7, 11) is 0. The van der Waals surface area contributed by atoms with Gasteiger partial charge in [-0.15, -0.1) is 0 Å². The summed E-state index contributed by atoms with van der Waals surface area (Å²) in [5.74, 6) is 0. The summed E-state index contributed by atoms with van der Waals surface area (Å²) in [6.45, 7) is 9.79. The van der Waals surface area contributed by atoms with Gasteiger partial charge in [-0.1, -0.05) is 18.2 Å². The highest BCUT2D eigenvalue weighted by Crippen LogP contribution is 2.18. The predicted octanol–water partition coefficient (Wildman–Crippen LogP) is 2.58. The second-order valence-electron chi connectivity index (χ2n) is 4.03. The van der Waals surface area contributed by atoms with Gasteiger partial charge in [0.2, 0.25) is 0 Å². The lowest BCUT2D eigenvalue weighted by Crippen LogP contribution is -2.11.